The van der Waals surface area contributed by atoms with Crippen molar-refractivity contribution in [3.63, 3.8) is 0 Å². The van der Waals surface area contributed by atoms with Gasteiger partial charge in [0.05, 0.1) is 11.4 Å². The molecule has 0 bridgehead atoms. The van der Waals surface area contributed by atoms with Crippen LogP contribution >= 0.6 is 0 Å². The molecule has 0 aliphatic carbocycles. The van der Waals surface area contributed by atoms with Crippen molar-refractivity contribution < 1.29 is 4.52 Å². The fourth-order valence-electron chi connectivity index (χ4n) is 2.76. The second-order valence-electron chi connectivity index (χ2n) is 5.31. The molecule has 2 aromatic heterocycles. The van der Waals surface area contributed by atoms with Crippen LogP contribution in [0.5, 0.6) is 0 Å². The van der Waals surface area contributed by atoms with E-state index >= 15 is 0 Å². The molecule has 110 valence electrons. The van der Waals surface area contributed by atoms with Gasteiger partial charge in [-0.15, -0.1) is 0 Å². The van der Waals surface area contributed by atoms with Crippen molar-refractivity contribution in [2.45, 2.75) is 60.7 Å². The summed E-state index contributed by atoms with van der Waals surface area (Å²) in [6.07, 6.45) is 0. The number of aromatic nitrogens is 3. The minimum atomic E-state index is 0.254. The summed E-state index contributed by atoms with van der Waals surface area (Å²) in [4.78, 5) is 0. The quantitative estimate of drug-likeness (QED) is 0.912. The standard InChI is InChI=1S/C15H24N4O/c1-7-19-12(5)15(11(4)17-19)10(3)16-8-14-9(2)18-20-13(14)6/h10,16H,7-8H2,1-6H3. The molecule has 0 aromatic carbocycles. The van der Waals surface area contributed by atoms with Crippen molar-refractivity contribution in [2.75, 3.05) is 0 Å². The summed E-state index contributed by atoms with van der Waals surface area (Å²) < 4.78 is 7.25. The lowest BCUT2D eigenvalue weighted by molar-refractivity contribution is 0.391. The van der Waals surface area contributed by atoms with Gasteiger partial charge in [0.15, 0.2) is 0 Å². The Hall–Kier alpha value is -1.62. The highest BCUT2D eigenvalue weighted by Crippen LogP contribution is 2.22. The Morgan fingerprint density at radius 2 is 1.90 bits per heavy atom. The van der Waals surface area contributed by atoms with Gasteiger partial charge in [-0.3, -0.25) is 4.68 Å². The fraction of sp³-hybridized carbons (Fsp3) is 0.600. The van der Waals surface area contributed by atoms with Crippen LogP contribution in [0, 0.1) is 27.7 Å². The average molecular weight is 276 g/mol. The van der Waals surface area contributed by atoms with E-state index in [4.69, 9.17) is 4.52 Å². The Labute approximate surface area is 120 Å². The zero-order valence-corrected chi connectivity index (χ0v) is 13.2. The maximum atomic E-state index is 5.20. The average Bonchev–Trinajstić information content (AvgIpc) is 2.87. The molecule has 0 saturated heterocycles. The summed E-state index contributed by atoms with van der Waals surface area (Å²) in [6.45, 7) is 14.1. The van der Waals surface area contributed by atoms with Gasteiger partial charge in [0, 0.05) is 36.0 Å². The summed E-state index contributed by atoms with van der Waals surface area (Å²) in [5.41, 5.74) is 5.74. The van der Waals surface area contributed by atoms with E-state index in [1.807, 2.05) is 13.8 Å². The van der Waals surface area contributed by atoms with E-state index in [1.54, 1.807) is 0 Å². The summed E-state index contributed by atoms with van der Waals surface area (Å²) in [5.74, 6) is 0.889. The molecular weight excluding hydrogens is 252 g/mol. The molecule has 0 amide bonds. The van der Waals surface area contributed by atoms with E-state index < -0.39 is 0 Å². The predicted octanol–water partition coefficient (Wildman–Crippen LogP) is 2.98. The minimum Gasteiger partial charge on any atom is -0.361 e. The minimum absolute atomic E-state index is 0.254. The SMILES string of the molecule is CCn1nc(C)c(C(C)NCc2c(C)noc2C)c1C. The van der Waals surface area contributed by atoms with Gasteiger partial charge in [0.1, 0.15) is 5.76 Å². The molecule has 1 unspecified atom stereocenters. The zero-order chi connectivity index (χ0) is 14.9. The van der Waals surface area contributed by atoms with Crippen LogP contribution in [0.15, 0.2) is 4.52 Å². The lowest BCUT2D eigenvalue weighted by Gasteiger charge is -2.15. The lowest BCUT2D eigenvalue weighted by atomic mass is 10.1. The number of rotatable bonds is 5. The van der Waals surface area contributed by atoms with Gasteiger partial charge in [-0.05, 0) is 41.5 Å². The summed E-state index contributed by atoms with van der Waals surface area (Å²) >= 11 is 0. The van der Waals surface area contributed by atoms with Gasteiger partial charge in [-0.1, -0.05) is 5.16 Å². The number of hydrogen-bond donors (Lipinski definition) is 1. The first-order chi connectivity index (χ1) is 9.45. The maximum Gasteiger partial charge on any atom is 0.138 e. The van der Waals surface area contributed by atoms with Crippen LogP contribution in [0.25, 0.3) is 0 Å². The highest BCUT2D eigenvalue weighted by Gasteiger charge is 2.18. The second kappa shape index (κ2) is 5.79. The molecule has 2 rings (SSSR count). The first-order valence-electron chi connectivity index (χ1n) is 7.14. The van der Waals surface area contributed by atoms with Crippen LogP contribution < -0.4 is 5.32 Å². The van der Waals surface area contributed by atoms with Crippen LogP contribution in [0.2, 0.25) is 0 Å². The topological polar surface area (TPSA) is 55.9 Å². The molecule has 5 heteroatoms. The molecule has 0 radical (unpaired) electrons. The second-order valence-corrected chi connectivity index (χ2v) is 5.31. The Kier molecular flexibility index (Phi) is 4.28. The monoisotopic (exact) mass is 276 g/mol. The smallest absolute Gasteiger partial charge is 0.138 e. The van der Waals surface area contributed by atoms with Crippen molar-refractivity contribution in [1.82, 2.24) is 20.3 Å². The molecule has 0 fully saturated rings. The Morgan fingerprint density at radius 3 is 2.40 bits per heavy atom. The van der Waals surface area contributed by atoms with Crippen LogP contribution in [0.1, 0.15) is 53.9 Å². The van der Waals surface area contributed by atoms with Crippen molar-refractivity contribution in [3.05, 3.63) is 34.0 Å². The van der Waals surface area contributed by atoms with E-state index in [-0.39, 0.29) is 6.04 Å². The Balaban J connectivity index is 2.13. The molecule has 0 aliphatic heterocycles. The van der Waals surface area contributed by atoms with Crippen LogP contribution in [0.4, 0.5) is 0 Å². The van der Waals surface area contributed by atoms with E-state index in [0.29, 0.717) is 0 Å². The van der Waals surface area contributed by atoms with Gasteiger partial charge in [0.2, 0.25) is 0 Å². The van der Waals surface area contributed by atoms with E-state index in [2.05, 4.69) is 47.9 Å². The lowest BCUT2D eigenvalue weighted by Crippen LogP contribution is -2.20. The van der Waals surface area contributed by atoms with Gasteiger partial charge >= 0.3 is 0 Å². The first-order valence-corrected chi connectivity index (χ1v) is 7.14. The fourth-order valence-corrected chi connectivity index (χ4v) is 2.76. The van der Waals surface area contributed by atoms with Crippen molar-refractivity contribution in [2.24, 2.45) is 0 Å². The predicted molar refractivity (Wildman–Crippen MR) is 78.6 cm³/mol. The molecule has 20 heavy (non-hydrogen) atoms. The zero-order valence-electron chi connectivity index (χ0n) is 13.2. The Bertz CT molecular complexity index is 578. The van der Waals surface area contributed by atoms with Gasteiger partial charge in [-0.2, -0.15) is 5.10 Å². The number of hydrogen-bond acceptors (Lipinski definition) is 4. The van der Waals surface area contributed by atoms with Crippen molar-refractivity contribution >= 4 is 0 Å². The number of nitrogens with zero attached hydrogens (tertiary/aromatic N) is 3. The van der Waals surface area contributed by atoms with Gasteiger partial charge < -0.3 is 9.84 Å². The van der Waals surface area contributed by atoms with E-state index in [0.717, 1.165) is 35.8 Å². The first kappa shape index (κ1) is 14.8. The number of aryl methyl sites for hydroxylation is 4. The molecule has 2 heterocycles. The summed E-state index contributed by atoms with van der Waals surface area (Å²) in [7, 11) is 0. The van der Waals surface area contributed by atoms with Crippen LogP contribution in [-0.4, -0.2) is 14.9 Å². The molecule has 0 saturated carbocycles. The maximum absolute atomic E-state index is 5.20. The van der Waals surface area contributed by atoms with Crippen molar-refractivity contribution in [1.29, 1.82) is 0 Å². The molecule has 1 N–H and O–H groups in total. The normalized spacial score (nSPS) is 12.9. The molecule has 0 spiro atoms. The third-order valence-electron chi connectivity index (χ3n) is 3.94. The molecule has 1 atom stereocenters. The highest BCUT2D eigenvalue weighted by atomic mass is 16.5. The number of nitrogens with one attached hydrogen (secondary N) is 1. The highest BCUT2D eigenvalue weighted by molar-refractivity contribution is 5.28. The molecular formula is C15H24N4O. The summed E-state index contributed by atoms with van der Waals surface area (Å²) in [5, 5.41) is 12.1. The Morgan fingerprint density at radius 1 is 1.20 bits per heavy atom. The van der Waals surface area contributed by atoms with Crippen LogP contribution in [-0.2, 0) is 13.1 Å². The third-order valence-corrected chi connectivity index (χ3v) is 3.94. The largest absolute Gasteiger partial charge is 0.361 e. The summed E-state index contributed by atoms with van der Waals surface area (Å²) in [6, 6.07) is 0.254. The van der Waals surface area contributed by atoms with Gasteiger partial charge in [0.25, 0.3) is 0 Å². The van der Waals surface area contributed by atoms with Crippen LogP contribution in [0.3, 0.4) is 0 Å². The van der Waals surface area contributed by atoms with Gasteiger partial charge in [-0.25, -0.2) is 0 Å². The molecule has 5 nitrogen and oxygen atoms in total. The van der Waals surface area contributed by atoms with E-state index in [1.165, 1.54) is 11.3 Å². The van der Waals surface area contributed by atoms with Crippen molar-refractivity contribution in [3.8, 4) is 0 Å². The third kappa shape index (κ3) is 2.63. The van der Waals surface area contributed by atoms with E-state index in [9.17, 15) is 0 Å². The molecule has 0 aliphatic rings. The molecule has 2 aromatic rings.